The molecule has 0 spiro atoms. The molecule has 0 fully saturated rings. The van der Waals surface area contributed by atoms with Crippen LogP contribution < -0.4 is 9.64 Å². The number of anilines is 1. The first kappa shape index (κ1) is 18.4. The summed E-state index contributed by atoms with van der Waals surface area (Å²) in [4.78, 5) is 26.1. The van der Waals surface area contributed by atoms with E-state index in [1.54, 1.807) is 18.2 Å². The van der Waals surface area contributed by atoms with Crippen LogP contribution in [-0.2, 0) is 21.7 Å². The molecule has 5 nitrogen and oxygen atoms in total. The number of carbonyl (C=O) groups is 2. The standard InChI is InChI=1S/C20H20ClNO4/c1-3-26-16-7-4-14(5-8-16)12-22-18-9-6-15(21)10-17(18)20(25,19(22)24)11-13(2)23/h4-10,25H,3,11-12H2,1-2H3/t20-/m0/s1. The molecule has 0 bridgehead atoms. The molecule has 1 aliphatic heterocycles. The monoisotopic (exact) mass is 373 g/mol. The lowest BCUT2D eigenvalue weighted by Gasteiger charge is -2.22. The summed E-state index contributed by atoms with van der Waals surface area (Å²) in [5.41, 5.74) is -0.0555. The van der Waals surface area contributed by atoms with Crippen LogP contribution in [-0.4, -0.2) is 23.4 Å². The lowest BCUT2D eigenvalue weighted by molar-refractivity contribution is -0.141. The predicted octanol–water partition coefficient (Wildman–Crippen LogP) is 3.45. The van der Waals surface area contributed by atoms with Crippen LogP contribution in [0.4, 0.5) is 5.69 Å². The number of amides is 1. The Morgan fingerprint density at radius 2 is 1.92 bits per heavy atom. The van der Waals surface area contributed by atoms with E-state index in [0.29, 0.717) is 22.9 Å². The normalized spacial score (nSPS) is 18.8. The highest BCUT2D eigenvalue weighted by Gasteiger charge is 2.50. The molecule has 0 aliphatic carbocycles. The Bertz CT molecular complexity index is 849. The minimum absolute atomic E-state index is 0.269. The molecular formula is C20H20ClNO4. The van der Waals surface area contributed by atoms with Gasteiger partial charge in [0.1, 0.15) is 11.5 Å². The van der Waals surface area contributed by atoms with Crippen LogP contribution in [0.2, 0.25) is 5.02 Å². The van der Waals surface area contributed by atoms with Gasteiger partial charge in [-0.2, -0.15) is 0 Å². The van der Waals surface area contributed by atoms with Crippen LogP contribution >= 0.6 is 11.6 Å². The van der Waals surface area contributed by atoms with E-state index in [9.17, 15) is 14.7 Å². The Morgan fingerprint density at radius 1 is 1.23 bits per heavy atom. The first-order valence-corrected chi connectivity index (χ1v) is 8.78. The van der Waals surface area contributed by atoms with Crippen LogP contribution in [0.5, 0.6) is 5.75 Å². The molecule has 1 atom stereocenters. The van der Waals surface area contributed by atoms with Crippen molar-refractivity contribution in [1.29, 1.82) is 0 Å². The lowest BCUT2D eigenvalue weighted by Crippen LogP contribution is -2.41. The van der Waals surface area contributed by atoms with E-state index in [0.717, 1.165) is 11.3 Å². The minimum Gasteiger partial charge on any atom is -0.494 e. The van der Waals surface area contributed by atoms with Gasteiger partial charge in [-0.3, -0.25) is 9.59 Å². The summed E-state index contributed by atoms with van der Waals surface area (Å²) in [5.74, 6) is -0.0298. The lowest BCUT2D eigenvalue weighted by atomic mass is 9.90. The second-order valence-electron chi connectivity index (χ2n) is 6.37. The highest BCUT2D eigenvalue weighted by molar-refractivity contribution is 6.31. The fraction of sp³-hybridized carbons (Fsp3) is 0.300. The van der Waals surface area contributed by atoms with Gasteiger partial charge in [0.05, 0.1) is 18.8 Å². The van der Waals surface area contributed by atoms with Crippen molar-refractivity contribution in [2.24, 2.45) is 0 Å². The molecule has 0 saturated heterocycles. The third-order valence-corrected chi connectivity index (χ3v) is 4.61. The largest absolute Gasteiger partial charge is 0.494 e. The molecule has 1 heterocycles. The van der Waals surface area contributed by atoms with Gasteiger partial charge < -0.3 is 14.7 Å². The molecule has 136 valence electrons. The smallest absolute Gasteiger partial charge is 0.264 e. The van der Waals surface area contributed by atoms with Crippen molar-refractivity contribution >= 4 is 29.0 Å². The molecular weight excluding hydrogens is 354 g/mol. The first-order valence-electron chi connectivity index (χ1n) is 8.40. The Hall–Kier alpha value is -2.37. The average molecular weight is 374 g/mol. The Morgan fingerprint density at radius 3 is 2.54 bits per heavy atom. The van der Waals surface area contributed by atoms with Crippen LogP contribution in [0.3, 0.4) is 0 Å². The molecule has 0 unspecified atom stereocenters. The zero-order chi connectivity index (χ0) is 18.9. The van der Waals surface area contributed by atoms with E-state index in [1.807, 2.05) is 31.2 Å². The molecule has 1 aliphatic rings. The topological polar surface area (TPSA) is 66.8 Å². The second kappa shape index (κ2) is 7.09. The van der Waals surface area contributed by atoms with Crippen molar-refractivity contribution in [1.82, 2.24) is 0 Å². The Balaban J connectivity index is 1.95. The van der Waals surface area contributed by atoms with Crippen molar-refractivity contribution in [2.45, 2.75) is 32.4 Å². The maximum absolute atomic E-state index is 13.0. The van der Waals surface area contributed by atoms with Crippen molar-refractivity contribution < 1.29 is 19.4 Å². The van der Waals surface area contributed by atoms with Crippen LogP contribution in [0.25, 0.3) is 0 Å². The average Bonchev–Trinajstić information content (AvgIpc) is 2.78. The van der Waals surface area contributed by atoms with Crippen molar-refractivity contribution in [3.8, 4) is 5.75 Å². The van der Waals surface area contributed by atoms with Crippen LogP contribution in [0, 0.1) is 0 Å². The number of rotatable bonds is 6. The maximum atomic E-state index is 13.0. The molecule has 1 amide bonds. The van der Waals surface area contributed by atoms with Crippen LogP contribution in [0.15, 0.2) is 42.5 Å². The maximum Gasteiger partial charge on any atom is 0.264 e. The van der Waals surface area contributed by atoms with E-state index < -0.39 is 11.5 Å². The third-order valence-electron chi connectivity index (χ3n) is 4.37. The van der Waals surface area contributed by atoms with E-state index in [-0.39, 0.29) is 18.7 Å². The van der Waals surface area contributed by atoms with Gasteiger partial charge in [-0.15, -0.1) is 0 Å². The molecule has 0 radical (unpaired) electrons. The highest BCUT2D eigenvalue weighted by Crippen LogP contribution is 2.44. The number of hydrogen-bond donors (Lipinski definition) is 1. The fourth-order valence-electron chi connectivity index (χ4n) is 3.25. The number of ketones is 1. The van der Waals surface area contributed by atoms with Gasteiger partial charge in [0, 0.05) is 17.0 Å². The highest BCUT2D eigenvalue weighted by atomic mass is 35.5. The van der Waals surface area contributed by atoms with Crippen molar-refractivity contribution in [3.05, 3.63) is 58.6 Å². The first-order chi connectivity index (χ1) is 12.3. The molecule has 26 heavy (non-hydrogen) atoms. The predicted molar refractivity (Wildman–Crippen MR) is 99.4 cm³/mol. The van der Waals surface area contributed by atoms with E-state index in [1.165, 1.54) is 11.8 Å². The molecule has 2 aromatic carbocycles. The zero-order valence-electron chi connectivity index (χ0n) is 14.7. The number of hydrogen-bond acceptors (Lipinski definition) is 4. The number of nitrogens with zero attached hydrogens (tertiary/aromatic N) is 1. The minimum atomic E-state index is -1.88. The van der Waals surface area contributed by atoms with E-state index in [4.69, 9.17) is 16.3 Å². The summed E-state index contributed by atoms with van der Waals surface area (Å²) in [6.45, 7) is 4.12. The van der Waals surface area contributed by atoms with Crippen LogP contribution in [0.1, 0.15) is 31.4 Å². The fourth-order valence-corrected chi connectivity index (χ4v) is 3.42. The molecule has 0 aromatic heterocycles. The molecule has 1 N–H and O–H groups in total. The van der Waals surface area contributed by atoms with Gasteiger partial charge >= 0.3 is 0 Å². The molecule has 6 heteroatoms. The summed E-state index contributed by atoms with van der Waals surface area (Å²) >= 11 is 6.05. The third kappa shape index (κ3) is 3.32. The summed E-state index contributed by atoms with van der Waals surface area (Å²) in [7, 11) is 0. The second-order valence-corrected chi connectivity index (χ2v) is 6.81. The molecule has 3 rings (SSSR count). The summed E-state index contributed by atoms with van der Waals surface area (Å²) in [5, 5.41) is 11.4. The number of halogens is 1. The van der Waals surface area contributed by atoms with Crippen molar-refractivity contribution in [2.75, 3.05) is 11.5 Å². The quantitative estimate of drug-likeness (QED) is 0.842. The van der Waals surface area contributed by atoms with Gasteiger partial charge in [-0.05, 0) is 49.7 Å². The number of fused-ring (bicyclic) bond motifs is 1. The molecule has 2 aromatic rings. The number of benzene rings is 2. The molecule has 0 saturated carbocycles. The van der Waals surface area contributed by atoms with Gasteiger partial charge in [0.2, 0.25) is 0 Å². The Kier molecular flexibility index (Phi) is 5.03. The SMILES string of the molecule is CCOc1ccc(CN2C(=O)[C@](O)(CC(C)=O)c3cc(Cl)ccc32)cc1. The summed E-state index contributed by atoms with van der Waals surface area (Å²) in [6, 6.07) is 12.3. The van der Waals surface area contributed by atoms with Gasteiger partial charge in [0.25, 0.3) is 5.91 Å². The summed E-state index contributed by atoms with van der Waals surface area (Å²) in [6.07, 6.45) is -0.279. The van der Waals surface area contributed by atoms with Gasteiger partial charge in [-0.25, -0.2) is 0 Å². The van der Waals surface area contributed by atoms with Gasteiger partial charge in [0.15, 0.2) is 5.60 Å². The van der Waals surface area contributed by atoms with E-state index in [2.05, 4.69) is 0 Å². The van der Waals surface area contributed by atoms with Gasteiger partial charge in [-0.1, -0.05) is 23.7 Å². The number of aliphatic hydroxyl groups is 1. The number of carbonyl (C=O) groups excluding carboxylic acids is 2. The van der Waals surface area contributed by atoms with E-state index >= 15 is 0 Å². The summed E-state index contributed by atoms with van der Waals surface area (Å²) < 4.78 is 5.43. The zero-order valence-corrected chi connectivity index (χ0v) is 15.4. The number of Topliss-reactive ketones (excluding diaryl/α,β-unsaturated/α-hetero) is 1. The Labute approximate surface area is 157 Å². The van der Waals surface area contributed by atoms with Crippen molar-refractivity contribution in [3.63, 3.8) is 0 Å². The number of ether oxygens (including phenoxy) is 1.